The summed E-state index contributed by atoms with van der Waals surface area (Å²) in [4.78, 5) is 6.50. The molecule has 1 atom stereocenters. The Balaban J connectivity index is 0.00000161. The van der Waals surface area contributed by atoms with Crippen molar-refractivity contribution in [1.82, 2.24) is 20.4 Å². The predicted molar refractivity (Wildman–Crippen MR) is 82.9 cm³/mol. The maximum absolute atomic E-state index is 13.9. The molecule has 1 fully saturated rings. The van der Waals surface area contributed by atoms with Crippen LogP contribution in [0.4, 0.5) is 4.39 Å². The average molecular weight is 378 g/mol. The summed E-state index contributed by atoms with van der Waals surface area (Å²) in [5.74, 6) is 0.388. The van der Waals surface area contributed by atoms with Crippen LogP contribution in [0.5, 0.6) is 0 Å². The number of nitrogens with one attached hydrogen (secondary N) is 1. The molecular formula is C13H15BrClFN4O. The van der Waals surface area contributed by atoms with E-state index in [-0.39, 0.29) is 30.2 Å². The summed E-state index contributed by atoms with van der Waals surface area (Å²) in [5, 5.41) is 7.28. The van der Waals surface area contributed by atoms with Gasteiger partial charge < -0.3 is 9.84 Å². The van der Waals surface area contributed by atoms with Gasteiger partial charge in [-0.05, 0) is 35.1 Å². The van der Waals surface area contributed by atoms with Crippen LogP contribution in [0, 0.1) is 5.82 Å². The topological polar surface area (TPSA) is 54.2 Å². The highest BCUT2D eigenvalue weighted by molar-refractivity contribution is 9.10. The normalized spacial score (nSPS) is 19.3. The summed E-state index contributed by atoms with van der Waals surface area (Å²) in [6, 6.07) is 4.79. The second kappa shape index (κ2) is 6.83. The van der Waals surface area contributed by atoms with Gasteiger partial charge in [-0.1, -0.05) is 11.2 Å². The summed E-state index contributed by atoms with van der Waals surface area (Å²) >= 11 is 3.31. The van der Waals surface area contributed by atoms with Gasteiger partial charge in [-0.3, -0.25) is 4.90 Å². The summed E-state index contributed by atoms with van der Waals surface area (Å²) in [7, 11) is 2.01. The van der Waals surface area contributed by atoms with Gasteiger partial charge in [0.25, 0.3) is 5.89 Å². The van der Waals surface area contributed by atoms with Crippen LogP contribution in [0.3, 0.4) is 0 Å². The number of halogens is 3. The van der Waals surface area contributed by atoms with Gasteiger partial charge >= 0.3 is 0 Å². The van der Waals surface area contributed by atoms with E-state index >= 15 is 0 Å². The first-order chi connectivity index (χ1) is 9.66. The molecule has 0 aliphatic carbocycles. The molecule has 0 spiro atoms. The lowest BCUT2D eigenvalue weighted by Gasteiger charge is -2.30. The third kappa shape index (κ3) is 3.26. The minimum absolute atomic E-state index is 0. The number of likely N-dealkylation sites (N-methyl/N-ethyl adjacent to an activating group) is 1. The Bertz CT molecular complexity index is 604. The molecule has 2 aromatic rings. The molecule has 1 unspecified atom stereocenters. The van der Waals surface area contributed by atoms with Crippen LogP contribution in [-0.4, -0.2) is 41.7 Å². The molecule has 21 heavy (non-hydrogen) atoms. The maximum atomic E-state index is 13.9. The first-order valence-electron chi connectivity index (χ1n) is 6.36. The van der Waals surface area contributed by atoms with Crippen molar-refractivity contribution in [3.05, 3.63) is 34.3 Å². The monoisotopic (exact) mass is 376 g/mol. The Morgan fingerprint density at radius 2 is 2.29 bits per heavy atom. The molecule has 1 aromatic heterocycles. The fourth-order valence-electron chi connectivity index (χ4n) is 2.27. The number of nitrogens with zero attached hydrogens (tertiary/aromatic N) is 3. The molecule has 0 saturated carbocycles. The SMILES string of the molecule is CN1CCNCC1c1noc(-c2c(F)cccc2Br)n1.Cl. The minimum atomic E-state index is -0.385. The number of hydrogen-bond acceptors (Lipinski definition) is 5. The van der Waals surface area contributed by atoms with Crippen molar-refractivity contribution in [3.63, 3.8) is 0 Å². The highest BCUT2D eigenvalue weighted by atomic mass is 79.9. The number of rotatable bonds is 2. The fraction of sp³-hybridized carbons (Fsp3) is 0.385. The molecule has 3 rings (SSSR count). The van der Waals surface area contributed by atoms with E-state index in [0.717, 1.165) is 19.6 Å². The molecule has 1 saturated heterocycles. The van der Waals surface area contributed by atoms with Gasteiger partial charge in [0.1, 0.15) is 5.82 Å². The van der Waals surface area contributed by atoms with E-state index in [1.807, 2.05) is 7.05 Å². The molecular weight excluding hydrogens is 363 g/mol. The maximum Gasteiger partial charge on any atom is 0.262 e. The Morgan fingerprint density at radius 1 is 1.48 bits per heavy atom. The van der Waals surface area contributed by atoms with Crippen molar-refractivity contribution in [2.45, 2.75) is 6.04 Å². The lowest BCUT2D eigenvalue weighted by atomic mass is 10.2. The molecule has 1 aromatic carbocycles. The summed E-state index contributed by atoms with van der Waals surface area (Å²) < 4.78 is 19.7. The van der Waals surface area contributed by atoms with Crippen molar-refractivity contribution in [1.29, 1.82) is 0 Å². The molecule has 0 bridgehead atoms. The van der Waals surface area contributed by atoms with Crippen LogP contribution in [0.25, 0.3) is 11.5 Å². The third-order valence-electron chi connectivity index (χ3n) is 3.43. The Kier molecular flexibility index (Phi) is 5.32. The van der Waals surface area contributed by atoms with Gasteiger partial charge in [0.2, 0.25) is 0 Å². The highest BCUT2D eigenvalue weighted by Crippen LogP contribution is 2.30. The van der Waals surface area contributed by atoms with E-state index in [1.165, 1.54) is 6.07 Å². The van der Waals surface area contributed by atoms with Gasteiger partial charge in [0.05, 0.1) is 11.6 Å². The molecule has 1 N–H and O–H groups in total. The largest absolute Gasteiger partial charge is 0.334 e. The quantitative estimate of drug-likeness (QED) is 0.872. The first-order valence-corrected chi connectivity index (χ1v) is 7.15. The van der Waals surface area contributed by atoms with Crippen LogP contribution in [-0.2, 0) is 0 Å². The van der Waals surface area contributed by atoms with Gasteiger partial charge in [0.15, 0.2) is 5.82 Å². The highest BCUT2D eigenvalue weighted by Gasteiger charge is 2.26. The molecule has 8 heteroatoms. The number of hydrogen-bond donors (Lipinski definition) is 1. The zero-order chi connectivity index (χ0) is 14.1. The van der Waals surface area contributed by atoms with Crippen LogP contribution in [0.1, 0.15) is 11.9 Å². The van der Waals surface area contributed by atoms with Crippen molar-refractivity contribution in [2.24, 2.45) is 0 Å². The Labute approximate surface area is 136 Å². The Hall–Kier alpha value is -1.02. The van der Waals surface area contributed by atoms with Crippen LogP contribution in [0.2, 0.25) is 0 Å². The van der Waals surface area contributed by atoms with Crippen LogP contribution < -0.4 is 5.32 Å². The first kappa shape index (κ1) is 16.4. The zero-order valence-electron chi connectivity index (χ0n) is 11.3. The lowest BCUT2D eigenvalue weighted by Crippen LogP contribution is -2.44. The smallest absolute Gasteiger partial charge is 0.262 e. The third-order valence-corrected chi connectivity index (χ3v) is 4.09. The van der Waals surface area contributed by atoms with Crippen molar-refractivity contribution in [3.8, 4) is 11.5 Å². The van der Waals surface area contributed by atoms with Crippen molar-refractivity contribution >= 4 is 28.3 Å². The standard InChI is InChI=1S/C13H14BrFN4O.ClH/c1-19-6-5-16-7-10(19)12-17-13(20-18-12)11-8(14)3-2-4-9(11)15;/h2-4,10,16H,5-7H2,1H3;1H. The number of aromatic nitrogens is 2. The van der Waals surface area contributed by atoms with Crippen molar-refractivity contribution in [2.75, 3.05) is 26.7 Å². The van der Waals surface area contributed by atoms with Crippen LogP contribution >= 0.6 is 28.3 Å². The van der Waals surface area contributed by atoms with E-state index < -0.39 is 0 Å². The molecule has 0 amide bonds. The summed E-state index contributed by atoms with van der Waals surface area (Å²) in [6.45, 7) is 2.61. The van der Waals surface area contributed by atoms with Crippen molar-refractivity contribution < 1.29 is 8.91 Å². The lowest BCUT2D eigenvalue weighted by molar-refractivity contribution is 0.190. The Morgan fingerprint density at radius 3 is 3.00 bits per heavy atom. The number of piperazine rings is 1. The van der Waals surface area contributed by atoms with Gasteiger partial charge in [-0.25, -0.2) is 4.39 Å². The molecule has 1 aliphatic rings. The van der Waals surface area contributed by atoms with Gasteiger partial charge in [0, 0.05) is 24.1 Å². The van der Waals surface area contributed by atoms with Gasteiger partial charge in [-0.15, -0.1) is 12.4 Å². The molecule has 114 valence electrons. The van der Waals surface area contributed by atoms with Gasteiger partial charge in [-0.2, -0.15) is 4.98 Å². The van der Waals surface area contributed by atoms with Crippen LogP contribution in [0.15, 0.2) is 27.2 Å². The van der Waals surface area contributed by atoms with E-state index in [2.05, 4.69) is 36.3 Å². The zero-order valence-corrected chi connectivity index (χ0v) is 13.7. The van der Waals surface area contributed by atoms with E-state index in [1.54, 1.807) is 12.1 Å². The number of benzene rings is 1. The fourth-order valence-corrected chi connectivity index (χ4v) is 2.78. The predicted octanol–water partition coefficient (Wildman–Crippen LogP) is 2.64. The second-order valence-electron chi connectivity index (χ2n) is 4.75. The average Bonchev–Trinajstić information content (AvgIpc) is 2.88. The molecule has 1 aliphatic heterocycles. The molecule has 2 heterocycles. The molecule has 5 nitrogen and oxygen atoms in total. The van der Waals surface area contributed by atoms with E-state index in [0.29, 0.717) is 15.9 Å². The summed E-state index contributed by atoms with van der Waals surface area (Å²) in [5.41, 5.74) is 0.303. The van der Waals surface area contributed by atoms with E-state index in [4.69, 9.17) is 4.52 Å². The second-order valence-corrected chi connectivity index (χ2v) is 5.61. The molecule has 0 radical (unpaired) electrons. The van der Waals surface area contributed by atoms with E-state index in [9.17, 15) is 4.39 Å². The minimum Gasteiger partial charge on any atom is -0.334 e. The summed E-state index contributed by atoms with van der Waals surface area (Å²) in [6.07, 6.45) is 0.